The van der Waals surface area contributed by atoms with E-state index in [-0.39, 0.29) is 0 Å². The fraction of sp³-hybridized carbons (Fsp3) is 0.182. The first kappa shape index (κ1) is 19.1. The second-order valence-electron chi connectivity index (χ2n) is 6.54. The maximum absolute atomic E-state index is 12.4. The summed E-state index contributed by atoms with van der Waals surface area (Å²) >= 11 is 1.34. The first-order chi connectivity index (χ1) is 14.1. The van der Waals surface area contributed by atoms with Crippen LogP contribution in [0.15, 0.2) is 58.2 Å². The Morgan fingerprint density at radius 3 is 2.62 bits per heavy atom. The third kappa shape index (κ3) is 3.73. The zero-order valence-corrected chi connectivity index (χ0v) is 17.1. The topological polar surface area (TPSA) is 78.1 Å². The van der Waals surface area contributed by atoms with Crippen LogP contribution in [0.4, 0.5) is 0 Å². The lowest BCUT2D eigenvalue weighted by atomic mass is 10.0. The number of hydrogen-bond donors (Lipinski definition) is 0. The molecule has 0 fully saturated rings. The number of carbonyl (C=O) groups excluding carboxylic acids is 1. The van der Waals surface area contributed by atoms with Gasteiger partial charge in [-0.15, -0.1) is 10.2 Å². The molecule has 0 saturated carbocycles. The molecule has 0 bridgehead atoms. The van der Waals surface area contributed by atoms with Crippen molar-refractivity contribution >= 4 is 28.6 Å². The largest absolute Gasteiger partial charge is 0.465 e. The molecule has 0 aliphatic heterocycles. The first-order valence-corrected chi connectivity index (χ1v) is 10.1. The average Bonchev–Trinajstić information content (AvgIpc) is 3.21. The van der Waals surface area contributed by atoms with Crippen LogP contribution in [0, 0.1) is 13.8 Å². The van der Waals surface area contributed by atoms with Crippen LogP contribution < -0.4 is 0 Å². The van der Waals surface area contributed by atoms with E-state index in [9.17, 15) is 4.79 Å². The molecule has 0 unspecified atom stereocenters. The zero-order valence-electron chi connectivity index (χ0n) is 16.3. The highest BCUT2D eigenvalue weighted by atomic mass is 32.2. The van der Waals surface area contributed by atoms with Crippen molar-refractivity contribution in [2.75, 3.05) is 7.11 Å². The number of benzene rings is 2. The Kier molecular flexibility index (Phi) is 5.31. The number of aryl methyl sites for hydroxylation is 2. The fourth-order valence-corrected chi connectivity index (χ4v) is 3.94. The molecule has 4 aromatic rings. The molecule has 0 atom stereocenters. The minimum Gasteiger partial charge on any atom is -0.465 e. The number of hydrogen-bond acceptors (Lipinski definition) is 7. The number of para-hydroxylation sites is 1. The van der Waals surface area contributed by atoms with Crippen molar-refractivity contribution in [1.29, 1.82) is 0 Å². The van der Waals surface area contributed by atoms with E-state index in [0.717, 1.165) is 27.6 Å². The number of methoxy groups -OCH3 is 1. The quantitative estimate of drug-likeness (QED) is 0.342. The molecule has 146 valence electrons. The van der Waals surface area contributed by atoms with Crippen molar-refractivity contribution in [3.05, 3.63) is 70.9 Å². The second-order valence-corrected chi connectivity index (χ2v) is 7.47. The van der Waals surface area contributed by atoms with E-state index in [2.05, 4.69) is 15.2 Å². The number of fused-ring (bicyclic) bond motifs is 1. The van der Waals surface area contributed by atoms with Gasteiger partial charge in [0, 0.05) is 16.7 Å². The van der Waals surface area contributed by atoms with Crippen molar-refractivity contribution in [3.63, 3.8) is 0 Å². The summed E-state index contributed by atoms with van der Waals surface area (Å²) in [6.07, 6.45) is 0. The molecule has 7 heteroatoms. The van der Waals surface area contributed by atoms with E-state index < -0.39 is 5.97 Å². The molecule has 0 spiro atoms. The number of nitrogens with zero attached hydrogens (tertiary/aromatic N) is 3. The summed E-state index contributed by atoms with van der Waals surface area (Å²) in [5.74, 6) is 0.481. The fourth-order valence-electron chi connectivity index (χ4n) is 3.24. The SMILES string of the molecule is COC(=O)c1c(CSc2nnc(-c3ccccc3C)o2)nc2ccccc2c1C. The highest BCUT2D eigenvalue weighted by Crippen LogP contribution is 2.30. The molecule has 0 saturated heterocycles. The van der Waals surface area contributed by atoms with E-state index in [1.54, 1.807) is 0 Å². The molecular weight excluding hydrogens is 386 g/mol. The normalized spacial score (nSPS) is 11.0. The van der Waals surface area contributed by atoms with E-state index in [1.807, 2.05) is 62.4 Å². The van der Waals surface area contributed by atoms with Crippen molar-refractivity contribution < 1.29 is 13.9 Å². The van der Waals surface area contributed by atoms with Gasteiger partial charge in [-0.2, -0.15) is 0 Å². The van der Waals surface area contributed by atoms with Crippen LogP contribution in [0.5, 0.6) is 0 Å². The maximum Gasteiger partial charge on any atom is 0.340 e. The van der Waals surface area contributed by atoms with Crippen molar-refractivity contribution in [1.82, 2.24) is 15.2 Å². The van der Waals surface area contributed by atoms with Gasteiger partial charge in [-0.3, -0.25) is 4.98 Å². The van der Waals surface area contributed by atoms with E-state index in [1.165, 1.54) is 18.9 Å². The molecular formula is C22H19N3O3S. The number of thioether (sulfide) groups is 1. The molecule has 6 nitrogen and oxygen atoms in total. The smallest absolute Gasteiger partial charge is 0.340 e. The number of rotatable bonds is 5. The number of pyridine rings is 1. The zero-order chi connectivity index (χ0) is 20.4. The van der Waals surface area contributed by atoms with Crippen LogP contribution in [0.3, 0.4) is 0 Å². The minimum absolute atomic E-state index is 0.400. The van der Waals surface area contributed by atoms with Crippen LogP contribution in [0.25, 0.3) is 22.4 Å². The van der Waals surface area contributed by atoms with Crippen molar-refractivity contribution in [2.45, 2.75) is 24.8 Å². The van der Waals surface area contributed by atoms with Crippen molar-refractivity contribution in [2.24, 2.45) is 0 Å². The molecule has 0 N–H and O–H groups in total. The third-order valence-corrected chi connectivity index (χ3v) is 5.56. The number of esters is 1. The molecule has 2 heterocycles. The van der Waals surface area contributed by atoms with Gasteiger partial charge in [-0.25, -0.2) is 4.79 Å². The first-order valence-electron chi connectivity index (χ1n) is 9.07. The van der Waals surface area contributed by atoms with Gasteiger partial charge in [0.15, 0.2) is 0 Å². The van der Waals surface area contributed by atoms with Crippen LogP contribution in [0.1, 0.15) is 27.2 Å². The third-order valence-electron chi connectivity index (χ3n) is 4.73. The minimum atomic E-state index is -0.400. The van der Waals surface area contributed by atoms with Crippen LogP contribution >= 0.6 is 11.8 Å². The number of aromatic nitrogens is 3. The highest BCUT2D eigenvalue weighted by molar-refractivity contribution is 7.98. The summed E-state index contributed by atoms with van der Waals surface area (Å²) in [7, 11) is 1.38. The Balaban J connectivity index is 1.65. The molecule has 4 rings (SSSR count). The summed E-state index contributed by atoms with van der Waals surface area (Å²) in [4.78, 5) is 17.1. The van der Waals surface area contributed by atoms with Gasteiger partial charge < -0.3 is 9.15 Å². The molecule has 2 aromatic carbocycles. The summed E-state index contributed by atoms with van der Waals surface area (Å²) in [5, 5.41) is 9.64. The van der Waals surface area contributed by atoms with Crippen LogP contribution in [0.2, 0.25) is 0 Å². The molecule has 29 heavy (non-hydrogen) atoms. The Bertz CT molecular complexity index is 1200. The maximum atomic E-state index is 12.4. The molecule has 0 aliphatic rings. The molecule has 0 aliphatic carbocycles. The lowest BCUT2D eigenvalue weighted by Crippen LogP contribution is -2.10. The summed E-state index contributed by atoms with van der Waals surface area (Å²) in [6.45, 7) is 3.91. The van der Waals surface area contributed by atoms with Gasteiger partial charge in [-0.05, 0) is 37.1 Å². The monoisotopic (exact) mass is 405 g/mol. The van der Waals surface area contributed by atoms with E-state index in [4.69, 9.17) is 9.15 Å². The number of ether oxygens (including phenoxy) is 1. The van der Waals surface area contributed by atoms with Crippen LogP contribution in [-0.2, 0) is 10.5 Å². The summed E-state index contributed by atoms with van der Waals surface area (Å²) in [6, 6.07) is 15.6. The summed E-state index contributed by atoms with van der Waals surface area (Å²) < 4.78 is 10.8. The van der Waals surface area contributed by atoms with Crippen LogP contribution in [-0.4, -0.2) is 28.3 Å². The van der Waals surface area contributed by atoms with Gasteiger partial charge in [0.05, 0.1) is 23.9 Å². The molecule has 0 amide bonds. The lowest BCUT2D eigenvalue weighted by molar-refractivity contribution is 0.0598. The van der Waals surface area contributed by atoms with Gasteiger partial charge in [0.2, 0.25) is 5.89 Å². The highest BCUT2D eigenvalue weighted by Gasteiger charge is 2.20. The van der Waals surface area contributed by atoms with E-state index >= 15 is 0 Å². The van der Waals surface area contributed by atoms with Gasteiger partial charge >= 0.3 is 5.97 Å². The van der Waals surface area contributed by atoms with Gasteiger partial charge in [0.25, 0.3) is 5.22 Å². The Labute approximate surface area is 172 Å². The van der Waals surface area contributed by atoms with Crippen molar-refractivity contribution in [3.8, 4) is 11.5 Å². The Morgan fingerprint density at radius 1 is 1.07 bits per heavy atom. The second kappa shape index (κ2) is 8.05. The lowest BCUT2D eigenvalue weighted by Gasteiger charge is -2.12. The van der Waals surface area contributed by atoms with Gasteiger partial charge in [-0.1, -0.05) is 48.2 Å². The van der Waals surface area contributed by atoms with E-state index in [0.29, 0.717) is 28.1 Å². The Morgan fingerprint density at radius 2 is 1.83 bits per heavy atom. The predicted octanol–water partition coefficient (Wildman–Crippen LogP) is 4.98. The predicted molar refractivity (Wildman–Crippen MR) is 112 cm³/mol. The Hall–Kier alpha value is -3.19. The molecule has 2 aromatic heterocycles. The van der Waals surface area contributed by atoms with Gasteiger partial charge in [0.1, 0.15) is 0 Å². The standard InChI is InChI=1S/C22H19N3O3S/c1-13-8-4-5-9-15(13)20-24-25-22(28-20)29-12-18-19(21(26)27-3)14(2)16-10-6-7-11-17(16)23-18/h4-11H,12H2,1-3H3. The summed E-state index contributed by atoms with van der Waals surface area (Å²) in [5.41, 5.74) is 4.77. The number of carbonyl (C=O) groups is 1. The molecule has 0 radical (unpaired) electrons. The average molecular weight is 405 g/mol.